The lowest BCUT2D eigenvalue weighted by Crippen LogP contribution is -2.45. The second-order valence-corrected chi connectivity index (χ2v) is 8.98. The lowest BCUT2D eigenvalue weighted by atomic mass is 9.86. The Hall–Kier alpha value is -3.15. The first kappa shape index (κ1) is 25.1. The fourth-order valence-corrected chi connectivity index (χ4v) is 3.12. The number of para-hydroxylation sites is 1. The molecule has 0 spiro atoms. The molecule has 2 aromatic rings. The molecule has 0 bridgehead atoms. The van der Waals surface area contributed by atoms with E-state index in [0.717, 1.165) is 5.56 Å². The molecule has 0 fully saturated rings. The first-order valence-electron chi connectivity index (χ1n) is 10.9. The van der Waals surface area contributed by atoms with E-state index in [9.17, 15) is 14.4 Å². The number of carbonyl (C=O) groups excluding carboxylic acids is 3. The summed E-state index contributed by atoms with van der Waals surface area (Å²) in [4.78, 5) is 37.9. The Labute approximate surface area is 190 Å². The van der Waals surface area contributed by atoms with Crippen molar-refractivity contribution in [3.63, 3.8) is 0 Å². The van der Waals surface area contributed by atoms with Gasteiger partial charge in [-0.25, -0.2) is 4.79 Å². The number of rotatable bonds is 9. The van der Waals surface area contributed by atoms with Gasteiger partial charge in [-0.1, -0.05) is 71.0 Å². The van der Waals surface area contributed by atoms with E-state index in [0.29, 0.717) is 23.5 Å². The van der Waals surface area contributed by atoms with E-state index in [1.54, 1.807) is 50.2 Å². The molecule has 0 saturated carbocycles. The molecule has 0 heterocycles. The molecule has 0 aromatic heterocycles. The predicted octanol–water partition coefficient (Wildman–Crippen LogP) is 4.56. The number of hydrogen-bond acceptors (Lipinski definition) is 5. The maximum atomic E-state index is 12.8. The Morgan fingerprint density at radius 3 is 2.16 bits per heavy atom. The molecule has 0 radical (unpaired) electrons. The van der Waals surface area contributed by atoms with Gasteiger partial charge in [-0.05, 0) is 36.0 Å². The summed E-state index contributed by atoms with van der Waals surface area (Å²) in [7, 11) is 0. The van der Waals surface area contributed by atoms with Crippen LogP contribution < -0.4 is 10.1 Å². The second kappa shape index (κ2) is 10.9. The molecule has 2 rings (SSSR count). The van der Waals surface area contributed by atoms with Gasteiger partial charge in [0, 0.05) is 5.56 Å². The molecule has 0 unspecified atom stereocenters. The highest BCUT2D eigenvalue weighted by atomic mass is 16.5. The number of carbonyl (C=O) groups is 3. The number of ketones is 1. The molecule has 0 saturated heterocycles. The van der Waals surface area contributed by atoms with Crippen LogP contribution in [0.15, 0.2) is 48.5 Å². The minimum absolute atomic E-state index is 0.0163. The Morgan fingerprint density at radius 1 is 0.969 bits per heavy atom. The van der Waals surface area contributed by atoms with Crippen molar-refractivity contribution in [2.24, 2.45) is 5.92 Å². The topological polar surface area (TPSA) is 81.7 Å². The largest absolute Gasteiger partial charge is 0.493 e. The van der Waals surface area contributed by atoms with E-state index in [1.165, 1.54) is 0 Å². The molecule has 6 heteroatoms. The number of nitrogens with one attached hydrogen (secondary N) is 1. The van der Waals surface area contributed by atoms with Gasteiger partial charge in [0.1, 0.15) is 11.8 Å². The number of esters is 1. The van der Waals surface area contributed by atoms with Gasteiger partial charge in [0.15, 0.2) is 12.4 Å². The molecule has 1 N–H and O–H groups in total. The molecule has 6 nitrogen and oxygen atoms in total. The lowest BCUT2D eigenvalue weighted by Gasteiger charge is -2.21. The Balaban J connectivity index is 2.03. The molecule has 172 valence electrons. The van der Waals surface area contributed by atoms with E-state index >= 15 is 0 Å². The average molecular weight is 440 g/mol. The van der Waals surface area contributed by atoms with Crippen LogP contribution >= 0.6 is 0 Å². The summed E-state index contributed by atoms with van der Waals surface area (Å²) >= 11 is 0. The second-order valence-electron chi connectivity index (χ2n) is 8.98. The summed E-state index contributed by atoms with van der Waals surface area (Å²) < 4.78 is 10.8. The first-order chi connectivity index (χ1) is 15.0. The van der Waals surface area contributed by atoms with Gasteiger partial charge < -0.3 is 14.8 Å². The summed E-state index contributed by atoms with van der Waals surface area (Å²) in [6.45, 7) is 11.7. The van der Waals surface area contributed by atoms with Crippen molar-refractivity contribution in [1.29, 1.82) is 0 Å². The number of hydrogen-bond donors (Lipinski definition) is 1. The Bertz CT molecular complexity index is 941. The molecule has 0 aliphatic heterocycles. The van der Waals surface area contributed by atoms with Crippen LogP contribution in [0.4, 0.5) is 0 Å². The summed E-state index contributed by atoms with van der Waals surface area (Å²) in [5.74, 6) is -1.17. The van der Waals surface area contributed by atoms with E-state index < -0.39 is 17.9 Å². The number of Topliss-reactive ketones (excluding diaryl/α,β-unsaturated/α-hetero) is 1. The van der Waals surface area contributed by atoms with Crippen molar-refractivity contribution in [3.8, 4) is 5.75 Å². The fourth-order valence-electron chi connectivity index (χ4n) is 3.12. The van der Waals surface area contributed by atoms with E-state index in [2.05, 4.69) is 26.1 Å². The van der Waals surface area contributed by atoms with E-state index in [1.807, 2.05) is 19.1 Å². The lowest BCUT2D eigenvalue weighted by molar-refractivity contribution is -0.145. The summed E-state index contributed by atoms with van der Waals surface area (Å²) in [6.07, 6.45) is 0. The van der Waals surface area contributed by atoms with E-state index in [4.69, 9.17) is 9.47 Å². The maximum absolute atomic E-state index is 12.8. The minimum atomic E-state index is -0.895. The Morgan fingerprint density at radius 2 is 1.59 bits per heavy atom. The monoisotopic (exact) mass is 439 g/mol. The first-order valence-corrected chi connectivity index (χ1v) is 10.9. The van der Waals surface area contributed by atoms with Crippen LogP contribution in [0.2, 0.25) is 0 Å². The Kier molecular flexibility index (Phi) is 8.58. The molecule has 2 aromatic carbocycles. The summed E-state index contributed by atoms with van der Waals surface area (Å²) in [5.41, 5.74) is 1.91. The van der Waals surface area contributed by atoms with Crippen LogP contribution in [-0.4, -0.2) is 36.9 Å². The molecule has 1 amide bonds. The quantitative estimate of drug-likeness (QED) is 0.457. The third kappa shape index (κ3) is 6.67. The normalized spacial score (nSPS) is 12.2. The van der Waals surface area contributed by atoms with Crippen LogP contribution in [-0.2, 0) is 14.9 Å². The third-order valence-corrected chi connectivity index (χ3v) is 5.06. The predicted molar refractivity (Wildman–Crippen MR) is 124 cm³/mol. The SMILES string of the molecule is CCOc1ccccc1C(=O)N[C@H](C(=O)OCC(=O)c1ccc(C(C)(C)C)cc1)C(C)C. The molecular formula is C26H33NO5. The molecule has 0 aliphatic rings. The molecule has 0 aliphatic carbocycles. The minimum Gasteiger partial charge on any atom is -0.493 e. The average Bonchev–Trinajstić information content (AvgIpc) is 2.75. The van der Waals surface area contributed by atoms with Gasteiger partial charge in [0.05, 0.1) is 12.2 Å². The van der Waals surface area contributed by atoms with Crippen LogP contribution in [0.5, 0.6) is 5.75 Å². The fraction of sp³-hybridized carbons (Fsp3) is 0.423. The van der Waals surface area contributed by atoms with Gasteiger partial charge in [-0.15, -0.1) is 0 Å². The van der Waals surface area contributed by atoms with Gasteiger partial charge in [0.2, 0.25) is 0 Å². The van der Waals surface area contributed by atoms with Crippen molar-refractivity contribution < 1.29 is 23.9 Å². The van der Waals surface area contributed by atoms with E-state index in [-0.39, 0.29) is 23.7 Å². The zero-order chi connectivity index (χ0) is 23.9. The van der Waals surface area contributed by atoms with Gasteiger partial charge in [0.25, 0.3) is 5.91 Å². The third-order valence-electron chi connectivity index (χ3n) is 5.06. The van der Waals surface area contributed by atoms with Crippen molar-refractivity contribution >= 4 is 17.7 Å². The van der Waals surface area contributed by atoms with Crippen molar-refractivity contribution in [2.75, 3.05) is 13.2 Å². The highest BCUT2D eigenvalue weighted by Crippen LogP contribution is 2.22. The smallest absolute Gasteiger partial charge is 0.329 e. The number of amides is 1. The van der Waals surface area contributed by atoms with Crippen molar-refractivity contribution in [1.82, 2.24) is 5.32 Å². The number of ether oxygens (including phenoxy) is 2. The van der Waals surface area contributed by atoms with Gasteiger partial charge in [-0.3, -0.25) is 9.59 Å². The summed E-state index contributed by atoms with van der Waals surface area (Å²) in [6, 6.07) is 13.2. The standard InChI is InChI=1S/C26H33NO5/c1-7-31-22-11-9-8-10-20(22)24(29)27-23(17(2)3)25(30)32-16-21(28)18-12-14-19(15-13-18)26(4,5)6/h8-15,17,23H,7,16H2,1-6H3,(H,27,29)/t23-/m0/s1. The summed E-state index contributed by atoms with van der Waals surface area (Å²) in [5, 5.41) is 2.71. The van der Waals surface area contributed by atoms with Crippen LogP contribution in [0.25, 0.3) is 0 Å². The molecular weight excluding hydrogens is 406 g/mol. The zero-order valence-corrected chi connectivity index (χ0v) is 19.7. The van der Waals surface area contributed by atoms with Crippen LogP contribution in [0, 0.1) is 5.92 Å². The van der Waals surface area contributed by atoms with Gasteiger partial charge >= 0.3 is 5.97 Å². The van der Waals surface area contributed by atoms with Crippen molar-refractivity contribution in [3.05, 3.63) is 65.2 Å². The highest BCUT2D eigenvalue weighted by Gasteiger charge is 2.28. The van der Waals surface area contributed by atoms with Gasteiger partial charge in [-0.2, -0.15) is 0 Å². The maximum Gasteiger partial charge on any atom is 0.329 e. The highest BCUT2D eigenvalue weighted by molar-refractivity contribution is 6.00. The molecule has 32 heavy (non-hydrogen) atoms. The zero-order valence-electron chi connectivity index (χ0n) is 19.7. The van der Waals surface area contributed by atoms with Crippen LogP contribution in [0.1, 0.15) is 67.8 Å². The molecule has 1 atom stereocenters. The van der Waals surface area contributed by atoms with Crippen LogP contribution in [0.3, 0.4) is 0 Å². The number of benzene rings is 2. The van der Waals surface area contributed by atoms with Crippen molar-refractivity contribution in [2.45, 2.75) is 53.0 Å².